The Kier molecular flexibility index (Phi) is 4.95. The summed E-state index contributed by atoms with van der Waals surface area (Å²) in [5.41, 5.74) is 6.02. The lowest BCUT2D eigenvalue weighted by atomic mass is 9.86. The highest BCUT2D eigenvalue weighted by atomic mass is 19.1. The van der Waals surface area contributed by atoms with E-state index in [0.29, 0.717) is 6.54 Å². The fraction of sp³-hybridized carbons (Fsp3) is 0.462. The van der Waals surface area contributed by atoms with Gasteiger partial charge in [0.2, 0.25) is 0 Å². The molecule has 0 bridgehead atoms. The van der Waals surface area contributed by atoms with Crippen molar-refractivity contribution in [3.05, 3.63) is 30.1 Å². The van der Waals surface area contributed by atoms with Crippen molar-refractivity contribution in [2.75, 3.05) is 11.9 Å². The van der Waals surface area contributed by atoms with Crippen LogP contribution in [0.3, 0.4) is 0 Å². The van der Waals surface area contributed by atoms with Gasteiger partial charge in [0.15, 0.2) is 0 Å². The largest absolute Gasteiger partial charge is 0.409 e. The molecule has 0 radical (unpaired) electrons. The standard InChI is InChI=1S/C13H20FN3O/c1-13(2,12(15)17-18)7-4-8-16-11-6-3-5-10(14)9-11/h3,5-6,9,16,18H,4,7-8H2,1-2H3,(H2,15,17). The highest BCUT2D eigenvalue weighted by Crippen LogP contribution is 2.22. The van der Waals surface area contributed by atoms with Crippen LogP contribution in [0.2, 0.25) is 0 Å². The fourth-order valence-corrected chi connectivity index (χ4v) is 1.62. The van der Waals surface area contributed by atoms with Crippen molar-refractivity contribution in [3.8, 4) is 0 Å². The van der Waals surface area contributed by atoms with Crippen LogP contribution in [0.15, 0.2) is 29.4 Å². The molecule has 0 unspecified atom stereocenters. The molecule has 0 spiro atoms. The first-order valence-corrected chi connectivity index (χ1v) is 5.93. The summed E-state index contributed by atoms with van der Waals surface area (Å²) in [5.74, 6) is -0.0229. The van der Waals surface area contributed by atoms with E-state index in [9.17, 15) is 4.39 Å². The van der Waals surface area contributed by atoms with Crippen LogP contribution >= 0.6 is 0 Å². The second-order valence-electron chi connectivity index (χ2n) is 4.91. The van der Waals surface area contributed by atoms with E-state index in [1.165, 1.54) is 12.1 Å². The Bertz CT molecular complexity index is 418. The maximum atomic E-state index is 12.9. The van der Waals surface area contributed by atoms with E-state index in [0.717, 1.165) is 18.5 Å². The second-order valence-corrected chi connectivity index (χ2v) is 4.91. The number of nitrogens with zero attached hydrogens (tertiary/aromatic N) is 1. The third kappa shape index (κ3) is 4.24. The molecule has 0 aromatic heterocycles. The summed E-state index contributed by atoms with van der Waals surface area (Å²) < 4.78 is 12.9. The fourth-order valence-electron chi connectivity index (χ4n) is 1.62. The van der Waals surface area contributed by atoms with E-state index >= 15 is 0 Å². The van der Waals surface area contributed by atoms with Crippen LogP contribution in [0.5, 0.6) is 0 Å². The van der Waals surface area contributed by atoms with E-state index in [-0.39, 0.29) is 17.1 Å². The van der Waals surface area contributed by atoms with Crippen LogP contribution in [0.1, 0.15) is 26.7 Å². The van der Waals surface area contributed by atoms with Gasteiger partial charge in [-0.25, -0.2) is 4.39 Å². The van der Waals surface area contributed by atoms with Gasteiger partial charge in [-0.1, -0.05) is 25.1 Å². The predicted octanol–water partition coefficient (Wildman–Crippen LogP) is 2.79. The van der Waals surface area contributed by atoms with Crippen molar-refractivity contribution >= 4 is 11.5 Å². The third-order valence-corrected chi connectivity index (χ3v) is 2.93. The lowest BCUT2D eigenvalue weighted by Crippen LogP contribution is -2.32. The number of rotatable bonds is 6. The van der Waals surface area contributed by atoms with Gasteiger partial charge in [0.25, 0.3) is 0 Å². The number of anilines is 1. The van der Waals surface area contributed by atoms with Crippen LogP contribution in [0, 0.1) is 11.2 Å². The molecular weight excluding hydrogens is 233 g/mol. The zero-order valence-electron chi connectivity index (χ0n) is 10.8. The predicted molar refractivity (Wildman–Crippen MR) is 71.3 cm³/mol. The first-order valence-electron chi connectivity index (χ1n) is 5.93. The summed E-state index contributed by atoms with van der Waals surface area (Å²) in [6.07, 6.45) is 1.63. The Morgan fingerprint density at radius 1 is 1.50 bits per heavy atom. The molecule has 0 saturated heterocycles. The number of amidine groups is 1. The Hall–Kier alpha value is -1.78. The maximum absolute atomic E-state index is 12.9. The van der Waals surface area contributed by atoms with Crippen LogP contribution in [-0.4, -0.2) is 17.6 Å². The van der Waals surface area contributed by atoms with Gasteiger partial charge in [-0.15, -0.1) is 0 Å². The average Bonchev–Trinajstić information content (AvgIpc) is 2.33. The Morgan fingerprint density at radius 3 is 2.83 bits per heavy atom. The molecule has 0 aliphatic carbocycles. The number of hydrogen-bond donors (Lipinski definition) is 3. The summed E-state index contributed by atoms with van der Waals surface area (Å²) >= 11 is 0. The SMILES string of the molecule is CC(C)(CCCNc1cccc(F)c1)C(N)=NO. The molecule has 0 fully saturated rings. The minimum absolute atomic E-state index is 0.230. The summed E-state index contributed by atoms with van der Waals surface area (Å²) in [4.78, 5) is 0. The van der Waals surface area contributed by atoms with Gasteiger partial charge in [0.1, 0.15) is 11.7 Å². The van der Waals surface area contributed by atoms with Crippen molar-refractivity contribution in [2.45, 2.75) is 26.7 Å². The third-order valence-electron chi connectivity index (χ3n) is 2.93. The van der Waals surface area contributed by atoms with Crippen molar-refractivity contribution in [1.82, 2.24) is 0 Å². The number of benzene rings is 1. The number of oxime groups is 1. The smallest absolute Gasteiger partial charge is 0.144 e. The van der Waals surface area contributed by atoms with Crippen LogP contribution in [0.25, 0.3) is 0 Å². The molecule has 0 saturated carbocycles. The lowest BCUT2D eigenvalue weighted by Gasteiger charge is -2.22. The van der Waals surface area contributed by atoms with E-state index in [4.69, 9.17) is 10.9 Å². The molecule has 0 aliphatic heterocycles. The van der Waals surface area contributed by atoms with Crippen LogP contribution in [-0.2, 0) is 0 Å². The number of nitrogens with one attached hydrogen (secondary N) is 1. The van der Waals surface area contributed by atoms with Crippen molar-refractivity contribution in [1.29, 1.82) is 0 Å². The maximum Gasteiger partial charge on any atom is 0.144 e. The molecule has 4 nitrogen and oxygen atoms in total. The molecule has 4 N–H and O–H groups in total. The zero-order chi connectivity index (χ0) is 13.6. The summed E-state index contributed by atoms with van der Waals surface area (Å²) in [6, 6.07) is 6.34. The Labute approximate surface area is 107 Å². The van der Waals surface area contributed by atoms with Gasteiger partial charge in [-0.3, -0.25) is 0 Å². The quantitative estimate of drug-likeness (QED) is 0.240. The normalized spacial score (nSPS) is 12.5. The van der Waals surface area contributed by atoms with Gasteiger partial charge in [0.05, 0.1) is 0 Å². The topological polar surface area (TPSA) is 70.6 Å². The molecule has 1 aromatic carbocycles. The lowest BCUT2D eigenvalue weighted by molar-refractivity contribution is 0.305. The molecule has 0 heterocycles. The number of halogens is 1. The molecule has 1 rings (SSSR count). The van der Waals surface area contributed by atoms with E-state index in [1.807, 2.05) is 19.9 Å². The van der Waals surface area contributed by atoms with Gasteiger partial charge in [-0.05, 0) is 31.0 Å². The van der Waals surface area contributed by atoms with Crippen LogP contribution < -0.4 is 11.1 Å². The molecule has 0 aliphatic rings. The molecule has 5 heteroatoms. The molecule has 0 amide bonds. The van der Waals surface area contributed by atoms with Gasteiger partial charge in [0, 0.05) is 17.6 Å². The van der Waals surface area contributed by atoms with E-state index < -0.39 is 0 Å². The van der Waals surface area contributed by atoms with E-state index in [1.54, 1.807) is 6.07 Å². The molecule has 0 atom stereocenters. The number of hydrogen-bond acceptors (Lipinski definition) is 3. The molecular formula is C13H20FN3O. The first-order chi connectivity index (χ1) is 8.45. The van der Waals surface area contributed by atoms with Crippen molar-refractivity contribution in [2.24, 2.45) is 16.3 Å². The second kappa shape index (κ2) is 6.23. The minimum atomic E-state index is -0.335. The highest BCUT2D eigenvalue weighted by Gasteiger charge is 2.22. The summed E-state index contributed by atoms with van der Waals surface area (Å²) in [7, 11) is 0. The number of nitrogens with two attached hydrogens (primary N) is 1. The molecule has 100 valence electrons. The zero-order valence-corrected chi connectivity index (χ0v) is 10.8. The van der Waals surface area contributed by atoms with E-state index in [2.05, 4.69) is 10.5 Å². The van der Waals surface area contributed by atoms with Gasteiger partial charge < -0.3 is 16.3 Å². The van der Waals surface area contributed by atoms with Crippen LogP contribution in [0.4, 0.5) is 10.1 Å². The van der Waals surface area contributed by atoms with Gasteiger partial charge in [-0.2, -0.15) is 0 Å². The first kappa shape index (κ1) is 14.3. The Morgan fingerprint density at radius 2 is 2.22 bits per heavy atom. The minimum Gasteiger partial charge on any atom is -0.409 e. The van der Waals surface area contributed by atoms with Crippen molar-refractivity contribution < 1.29 is 9.60 Å². The summed E-state index contributed by atoms with van der Waals surface area (Å²) in [6.45, 7) is 4.56. The highest BCUT2D eigenvalue weighted by molar-refractivity contribution is 5.85. The monoisotopic (exact) mass is 253 g/mol. The summed E-state index contributed by atoms with van der Waals surface area (Å²) in [5, 5.41) is 14.8. The average molecular weight is 253 g/mol. The molecule has 18 heavy (non-hydrogen) atoms. The Balaban J connectivity index is 2.35. The van der Waals surface area contributed by atoms with Gasteiger partial charge >= 0.3 is 0 Å². The van der Waals surface area contributed by atoms with Crippen molar-refractivity contribution in [3.63, 3.8) is 0 Å². The molecule has 1 aromatic rings.